The van der Waals surface area contributed by atoms with Gasteiger partial charge < -0.3 is 29.9 Å². The van der Waals surface area contributed by atoms with E-state index in [1.807, 2.05) is 18.3 Å². The number of hydrogen-bond acceptors (Lipinski definition) is 10. The summed E-state index contributed by atoms with van der Waals surface area (Å²) >= 11 is 0. The molecular formula is C21H34N8O2. The van der Waals surface area contributed by atoms with Crippen LogP contribution in [0, 0.1) is 0 Å². The fraction of sp³-hybridized carbons (Fsp3) is 0.619. The summed E-state index contributed by atoms with van der Waals surface area (Å²) in [5, 5.41) is 6.67. The molecule has 0 saturated carbocycles. The van der Waals surface area contributed by atoms with Gasteiger partial charge in [-0.2, -0.15) is 15.0 Å². The zero-order valence-corrected chi connectivity index (χ0v) is 18.6. The molecule has 170 valence electrons. The van der Waals surface area contributed by atoms with Gasteiger partial charge in [0, 0.05) is 59.3 Å². The van der Waals surface area contributed by atoms with Crippen LogP contribution in [0.15, 0.2) is 24.5 Å². The smallest absolute Gasteiger partial charge is 0.232 e. The van der Waals surface area contributed by atoms with Crippen molar-refractivity contribution in [3.8, 4) is 0 Å². The molecule has 3 heterocycles. The molecule has 1 saturated heterocycles. The molecule has 31 heavy (non-hydrogen) atoms. The minimum Gasteiger partial charge on any atom is -0.383 e. The van der Waals surface area contributed by atoms with Crippen LogP contribution in [-0.4, -0.2) is 91.5 Å². The van der Waals surface area contributed by atoms with E-state index in [9.17, 15) is 0 Å². The molecule has 10 nitrogen and oxygen atoms in total. The van der Waals surface area contributed by atoms with Crippen LogP contribution in [0.1, 0.15) is 18.4 Å². The van der Waals surface area contributed by atoms with Gasteiger partial charge in [0.05, 0.1) is 13.2 Å². The van der Waals surface area contributed by atoms with Crippen molar-refractivity contribution in [3.63, 3.8) is 0 Å². The zero-order valence-electron chi connectivity index (χ0n) is 18.6. The maximum absolute atomic E-state index is 5.26. The molecule has 2 aromatic heterocycles. The lowest BCUT2D eigenvalue weighted by atomic mass is 10.3. The van der Waals surface area contributed by atoms with Crippen LogP contribution in [0.4, 0.5) is 17.8 Å². The van der Waals surface area contributed by atoms with E-state index in [2.05, 4.69) is 40.4 Å². The van der Waals surface area contributed by atoms with Crippen molar-refractivity contribution < 1.29 is 9.47 Å². The summed E-state index contributed by atoms with van der Waals surface area (Å²) in [5.41, 5.74) is 1.06. The predicted octanol–water partition coefficient (Wildman–Crippen LogP) is 1.49. The number of nitrogens with zero attached hydrogens (tertiary/aromatic N) is 6. The molecule has 1 aliphatic rings. The highest BCUT2D eigenvalue weighted by atomic mass is 16.5. The highest BCUT2D eigenvalue weighted by Crippen LogP contribution is 2.15. The third-order valence-electron chi connectivity index (χ3n) is 5.12. The second-order valence-electron chi connectivity index (χ2n) is 7.45. The number of aromatic nitrogens is 4. The first-order valence-corrected chi connectivity index (χ1v) is 10.9. The highest BCUT2D eigenvalue weighted by Gasteiger charge is 2.15. The Morgan fingerprint density at radius 2 is 1.71 bits per heavy atom. The second kappa shape index (κ2) is 13.0. The van der Waals surface area contributed by atoms with Crippen LogP contribution in [-0.2, 0) is 16.0 Å². The van der Waals surface area contributed by atoms with E-state index in [4.69, 9.17) is 9.47 Å². The molecule has 3 rings (SSSR count). The van der Waals surface area contributed by atoms with E-state index < -0.39 is 0 Å². The van der Waals surface area contributed by atoms with Gasteiger partial charge in [-0.25, -0.2) is 0 Å². The van der Waals surface area contributed by atoms with Gasteiger partial charge >= 0.3 is 0 Å². The summed E-state index contributed by atoms with van der Waals surface area (Å²) in [6, 6.07) is 3.93. The fourth-order valence-corrected chi connectivity index (χ4v) is 3.39. The number of methoxy groups -OCH3 is 2. The van der Waals surface area contributed by atoms with Crippen LogP contribution in [0.2, 0.25) is 0 Å². The molecule has 0 bridgehead atoms. The molecule has 0 aliphatic carbocycles. The van der Waals surface area contributed by atoms with E-state index in [-0.39, 0.29) is 0 Å². The quantitative estimate of drug-likeness (QED) is 0.458. The number of anilines is 3. The largest absolute Gasteiger partial charge is 0.383 e. The predicted molar refractivity (Wildman–Crippen MR) is 122 cm³/mol. The van der Waals surface area contributed by atoms with E-state index >= 15 is 0 Å². The van der Waals surface area contributed by atoms with Gasteiger partial charge in [0.25, 0.3) is 0 Å². The summed E-state index contributed by atoms with van der Waals surface area (Å²) in [4.78, 5) is 22.6. The number of pyridine rings is 1. The van der Waals surface area contributed by atoms with Gasteiger partial charge in [0.2, 0.25) is 17.8 Å². The molecule has 0 spiro atoms. The van der Waals surface area contributed by atoms with E-state index in [0.717, 1.165) is 18.7 Å². The third-order valence-corrected chi connectivity index (χ3v) is 5.12. The van der Waals surface area contributed by atoms with Crippen LogP contribution < -0.4 is 15.5 Å². The van der Waals surface area contributed by atoms with Gasteiger partial charge in [0.1, 0.15) is 0 Å². The van der Waals surface area contributed by atoms with E-state index in [1.165, 1.54) is 25.9 Å². The van der Waals surface area contributed by atoms with Crippen molar-refractivity contribution in [2.24, 2.45) is 0 Å². The Bertz CT molecular complexity index is 750. The first-order chi connectivity index (χ1) is 15.3. The van der Waals surface area contributed by atoms with Crippen molar-refractivity contribution in [2.45, 2.75) is 19.4 Å². The maximum atomic E-state index is 5.26. The topological polar surface area (TPSA) is 101 Å². The third kappa shape index (κ3) is 7.89. The van der Waals surface area contributed by atoms with Crippen molar-refractivity contribution in [1.29, 1.82) is 0 Å². The summed E-state index contributed by atoms with van der Waals surface area (Å²) in [6.07, 6.45) is 6.16. The SMILES string of the molecule is COCCN(CCOC)c1nc(NCCN2CCCC2)nc(NCc2cccnc2)n1. The number of rotatable bonds is 14. The van der Waals surface area contributed by atoms with Crippen molar-refractivity contribution in [2.75, 3.05) is 82.2 Å². The highest BCUT2D eigenvalue weighted by molar-refractivity contribution is 5.44. The number of likely N-dealkylation sites (tertiary alicyclic amines) is 1. The minimum absolute atomic E-state index is 0.525. The molecule has 1 aliphatic heterocycles. The first kappa shape index (κ1) is 23.1. The molecule has 2 N–H and O–H groups in total. The minimum atomic E-state index is 0.525. The lowest BCUT2D eigenvalue weighted by molar-refractivity contribution is 0.189. The molecule has 0 amide bonds. The van der Waals surface area contributed by atoms with Crippen molar-refractivity contribution in [1.82, 2.24) is 24.8 Å². The zero-order chi connectivity index (χ0) is 21.7. The van der Waals surface area contributed by atoms with Crippen LogP contribution in [0.3, 0.4) is 0 Å². The van der Waals surface area contributed by atoms with Gasteiger partial charge in [-0.3, -0.25) is 4.98 Å². The summed E-state index contributed by atoms with van der Waals surface area (Å²) < 4.78 is 10.5. The Balaban J connectivity index is 1.72. The number of hydrogen-bond donors (Lipinski definition) is 2. The Labute approximate surface area is 184 Å². The molecular weight excluding hydrogens is 396 g/mol. The van der Waals surface area contributed by atoms with E-state index in [0.29, 0.717) is 50.7 Å². The molecule has 1 fully saturated rings. The number of ether oxygens (including phenoxy) is 2. The molecule has 0 aromatic carbocycles. The van der Waals surface area contributed by atoms with Crippen LogP contribution in [0.25, 0.3) is 0 Å². The summed E-state index contributed by atoms with van der Waals surface area (Å²) in [5.74, 6) is 1.69. The Morgan fingerprint density at radius 3 is 2.35 bits per heavy atom. The monoisotopic (exact) mass is 430 g/mol. The van der Waals surface area contributed by atoms with Crippen molar-refractivity contribution >= 4 is 17.8 Å². The molecule has 2 aromatic rings. The molecule has 0 unspecified atom stereocenters. The average molecular weight is 431 g/mol. The Hall–Kier alpha value is -2.56. The molecule has 10 heteroatoms. The summed E-state index contributed by atoms with van der Waals surface area (Å²) in [7, 11) is 3.38. The second-order valence-corrected chi connectivity index (χ2v) is 7.45. The average Bonchev–Trinajstić information content (AvgIpc) is 3.32. The molecule has 0 radical (unpaired) electrons. The first-order valence-electron chi connectivity index (χ1n) is 10.9. The lowest BCUT2D eigenvalue weighted by Gasteiger charge is -2.23. The molecule has 0 atom stereocenters. The van der Waals surface area contributed by atoms with Crippen LogP contribution >= 0.6 is 0 Å². The maximum Gasteiger partial charge on any atom is 0.232 e. The van der Waals surface area contributed by atoms with Gasteiger partial charge in [-0.15, -0.1) is 0 Å². The lowest BCUT2D eigenvalue weighted by Crippen LogP contribution is -2.33. The van der Waals surface area contributed by atoms with Crippen molar-refractivity contribution in [3.05, 3.63) is 30.1 Å². The van der Waals surface area contributed by atoms with E-state index in [1.54, 1.807) is 20.4 Å². The fourth-order valence-electron chi connectivity index (χ4n) is 3.39. The van der Waals surface area contributed by atoms with Gasteiger partial charge in [-0.05, 0) is 37.6 Å². The Morgan fingerprint density at radius 1 is 1.00 bits per heavy atom. The summed E-state index contributed by atoms with van der Waals surface area (Å²) in [6.45, 7) is 7.18. The Kier molecular flexibility index (Phi) is 9.68. The van der Waals surface area contributed by atoms with Gasteiger partial charge in [-0.1, -0.05) is 6.07 Å². The normalized spacial score (nSPS) is 14.0. The number of nitrogens with one attached hydrogen (secondary N) is 2. The van der Waals surface area contributed by atoms with Gasteiger partial charge in [0.15, 0.2) is 0 Å². The standard InChI is InChI=1S/C21H34N8O2/c1-30-14-12-29(13-15-31-2)21-26-19(23-8-11-28-9-3-4-10-28)25-20(27-21)24-17-18-6-5-7-22-16-18/h5-7,16H,3-4,8-15,17H2,1-2H3,(H2,23,24,25,26,27). The van der Waals surface area contributed by atoms with Crippen LogP contribution in [0.5, 0.6) is 0 Å².